The minimum atomic E-state index is 0. The van der Waals surface area contributed by atoms with Gasteiger partial charge in [0, 0.05) is 13.2 Å². The molecule has 0 aliphatic rings. The van der Waals surface area contributed by atoms with Crippen molar-refractivity contribution in [3.8, 4) is 0 Å². The molecule has 0 bridgehead atoms. The highest BCUT2D eigenvalue weighted by molar-refractivity contribution is 5.75. The number of hydrogen-bond donors (Lipinski definition) is 0. The molecule has 0 aromatic carbocycles. The van der Waals surface area contributed by atoms with Crippen molar-refractivity contribution in [2.45, 2.75) is 142 Å². The van der Waals surface area contributed by atoms with Crippen LogP contribution in [0.2, 0.25) is 0 Å². The first-order valence-electron chi connectivity index (χ1n) is 12.0. The quantitative estimate of drug-likeness (QED) is 0.137. The average molecular weight is 381 g/mol. The van der Waals surface area contributed by atoms with E-state index >= 15 is 0 Å². The molecule has 0 spiro atoms. The topological polar surface area (TPSA) is 9.23 Å². The van der Waals surface area contributed by atoms with Crippen molar-refractivity contribution in [2.24, 2.45) is 0 Å². The number of hydrogen-bond acceptors (Lipinski definition) is 1. The summed E-state index contributed by atoms with van der Waals surface area (Å²) in [5, 5.41) is 0. The fourth-order valence-electron chi connectivity index (χ4n) is 3.49. The predicted molar refractivity (Wildman–Crippen MR) is 123 cm³/mol. The van der Waals surface area contributed by atoms with Crippen LogP contribution in [-0.4, -0.2) is 36.3 Å². The van der Waals surface area contributed by atoms with Crippen LogP contribution < -0.4 is 0 Å². The summed E-state index contributed by atoms with van der Waals surface area (Å²) < 4.78 is 5.78. The van der Waals surface area contributed by atoms with E-state index in [1.807, 2.05) is 0 Å². The molecule has 0 heterocycles. The zero-order valence-electron chi connectivity index (χ0n) is 18.0. The Morgan fingerprint density at radius 1 is 0.346 bits per heavy atom. The molecule has 0 saturated carbocycles. The first kappa shape index (κ1) is 28.9. The van der Waals surface area contributed by atoms with Gasteiger partial charge in [0.25, 0.3) is 0 Å². The molecule has 0 saturated heterocycles. The Balaban J connectivity index is 0. The Kier molecular flexibility index (Phi) is 31.1. The molecule has 0 fully saturated rings. The van der Waals surface area contributed by atoms with Gasteiger partial charge >= 0.3 is 23.1 Å². The van der Waals surface area contributed by atoms with E-state index in [0.29, 0.717) is 0 Å². The van der Waals surface area contributed by atoms with Crippen LogP contribution in [0.1, 0.15) is 142 Å². The molecule has 2 heteroatoms. The zero-order chi connectivity index (χ0) is 18.3. The van der Waals surface area contributed by atoms with Crippen LogP contribution in [0.25, 0.3) is 0 Å². The molecule has 0 unspecified atom stereocenters. The molecule has 0 aromatic rings. The lowest BCUT2D eigenvalue weighted by Crippen LogP contribution is -1.97. The van der Waals surface area contributed by atoms with E-state index in [2.05, 4.69) is 13.8 Å². The Morgan fingerprint density at radius 3 is 0.846 bits per heavy atom. The van der Waals surface area contributed by atoms with Crippen LogP contribution in [0.5, 0.6) is 0 Å². The lowest BCUT2D eigenvalue weighted by molar-refractivity contribution is 0.125. The van der Waals surface area contributed by atoms with Gasteiger partial charge in [-0.25, -0.2) is 0 Å². The third-order valence-corrected chi connectivity index (χ3v) is 5.28. The van der Waals surface area contributed by atoms with E-state index in [4.69, 9.17) is 4.74 Å². The predicted octanol–water partition coefficient (Wildman–Crippen LogP) is 7.93. The summed E-state index contributed by atoms with van der Waals surface area (Å²) in [6.07, 6.45) is 28.2. The summed E-state index contributed by atoms with van der Waals surface area (Å²) in [7, 11) is 0. The van der Waals surface area contributed by atoms with Crippen LogP contribution in [0.15, 0.2) is 0 Å². The maximum absolute atomic E-state index is 5.78. The van der Waals surface area contributed by atoms with E-state index in [-0.39, 0.29) is 23.1 Å². The molecule has 26 heavy (non-hydrogen) atoms. The first-order chi connectivity index (χ1) is 12.4. The van der Waals surface area contributed by atoms with Crippen LogP contribution in [0.4, 0.5) is 0 Å². The van der Waals surface area contributed by atoms with Crippen molar-refractivity contribution in [1.82, 2.24) is 0 Å². The monoisotopic (exact) mass is 380 g/mol. The fourth-order valence-corrected chi connectivity index (χ4v) is 3.49. The van der Waals surface area contributed by atoms with E-state index in [1.54, 1.807) is 0 Å². The van der Waals surface area contributed by atoms with Crippen LogP contribution >= 0.6 is 0 Å². The van der Waals surface area contributed by atoms with E-state index < -0.39 is 0 Å². The van der Waals surface area contributed by atoms with Crippen LogP contribution in [-0.2, 0) is 4.74 Å². The van der Waals surface area contributed by atoms with E-state index in [0.717, 1.165) is 13.2 Å². The van der Waals surface area contributed by atoms with Gasteiger partial charge in [0.15, 0.2) is 0 Å². The summed E-state index contributed by atoms with van der Waals surface area (Å²) in [6, 6.07) is 0. The molecule has 0 aliphatic carbocycles. The number of ether oxygens (including phenoxy) is 1. The zero-order valence-corrected chi connectivity index (χ0v) is 18.0. The Hall–Kier alpha value is 0.726. The molecule has 0 radical (unpaired) electrons. The van der Waals surface area contributed by atoms with Gasteiger partial charge in [-0.3, -0.25) is 0 Å². The highest BCUT2D eigenvalue weighted by Gasteiger charge is 1.95. The maximum Gasteiger partial charge on any atom is 0.316 e. The van der Waals surface area contributed by atoms with Crippen molar-refractivity contribution < 1.29 is 4.74 Å². The molecule has 0 aromatic heterocycles. The molecule has 0 N–H and O–H groups in total. The minimum absolute atomic E-state index is 0. The normalized spacial score (nSPS) is 10.8. The second-order valence-corrected chi connectivity index (χ2v) is 7.98. The van der Waals surface area contributed by atoms with Gasteiger partial charge in [0.1, 0.15) is 0 Å². The summed E-state index contributed by atoms with van der Waals surface area (Å²) in [5.74, 6) is 0. The third-order valence-electron chi connectivity index (χ3n) is 5.28. The molecule has 156 valence electrons. The largest absolute Gasteiger partial charge is 0.381 e. The lowest BCUT2D eigenvalue weighted by Gasteiger charge is -2.05. The standard InChI is InChI=1S/C24H50O.Mg.2H/c1-3-5-7-9-11-13-15-17-19-21-23-25-24-22-20-18-16-14-12-10-8-6-4-2;;;/h3-24H2,1-2H3;;;. The van der Waals surface area contributed by atoms with Crippen molar-refractivity contribution in [3.05, 3.63) is 0 Å². The van der Waals surface area contributed by atoms with Crippen molar-refractivity contribution >= 4 is 23.1 Å². The fraction of sp³-hybridized carbons (Fsp3) is 1.00. The molecule has 1 nitrogen and oxygen atoms in total. The summed E-state index contributed by atoms with van der Waals surface area (Å²) in [4.78, 5) is 0. The van der Waals surface area contributed by atoms with Gasteiger partial charge in [-0.15, -0.1) is 0 Å². The molecule has 0 aliphatic heterocycles. The van der Waals surface area contributed by atoms with Gasteiger partial charge in [0.2, 0.25) is 0 Å². The first-order valence-corrected chi connectivity index (χ1v) is 12.0. The maximum atomic E-state index is 5.78. The lowest BCUT2D eigenvalue weighted by atomic mass is 10.1. The van der Waals surface area contributed by atoms with Gasteiger partial charge < -0.3 is 4.74 Å². The SMILES string of the molecule is CCCCCCCCCCCCOCCCCCCCCCCCC.[MgH2]. The van der Waals surface area contributed by atoms with Gasteiger partial charge in [-0.05, 0) is 12.8 Å². The summed E-state index contributed by atoms with van der Waals surface area (Å²) in [5.41, 5.74) is 0. The highest BCUT2D eigenvalue weighted by Crippen LogP contribution is 2.12. The van der Waals surface area contributed by atoms with Crippen molar-refractivity contribution in [1.29, 1.82) is 0 Å². The third kappa shape index (κ3) is 27.0. The van der Waals surface area contributed by atoms with Gasteiger partial charge in [-0.2, -0.15) is 0 Å². The van der Waals surface area contributed by atoms with Crippen LogP contribution in [0, 0.1) is 0 Å². The second-order valence-electron chi connectivity index (χ2n) is 7.98. The van der Waals surface area contributed by atoms with Crippen molar-refractivity contribution in [2.75, 3.05) is 13.2 Å². The van der Waals surface area contributed by atoms with E-state index in [1.165, 1.54) is 128 Å². The van der Waals surface area contributed by atoms with Gasteiger partial charge in [0.05, 0.1) is 0 Å². The molecule has 0 rings (SSSR count). The Labute approximate surface area is 183 Å². The number of unbranched alkanes of at least 4 members (excludes halogenated alkanes) is 18. The molecular formula is C24H52MgO. The number of rotatable bonds is 22. The Morgan fingerprint density at radius 2 is 0.577 bits per heavy atom. The van der Waals surface area contributed by atoms with Crippen molar-refractivity contribution in [3.63, 3.8) is 0 Å². The molecular weight excluding hydrogens is 329 g/mol. The van der Waals surface area contributed by atoms with E-state index in [9.17, 15) is 0 Å². The second kappa shape index (κ2) is 27.9. The Bertz CT molecular complexity index is 198. The smallest absolute Gasteiger partial charge is 0.316 e. The molecule has 0 amide bonds. The average Bonchev–Trinajstić information content (AvgIpc) is 2.63. The summed E-state index contributed by atoms with van der Waals surface area (Å²) >= 11 is 0. The summed E-state index contributed by atoms with van der Waals surface area (Å²) in [6.45, 7) is 6.57. The van der Waals surface area contributed by atoms with Crippen LogP contribution in [0.3, 0.4) is 0 Å². The highest BCUT2D eigenvalue weighted by atomic mass is 24.3. The van der Waals surface area contributed by atoms with Gasteiger partial charge in [-0.1, -0.05) is 129 Å². The molecule has 0 atom stereocenters. The minimum Gasteiger partial charge on any atom is -0.381 e.